The van der Waals surface area contributed by atoms with Gasteiger partial charge in [-0.15, -0.1) is 24.8 Å². The Kier molecular flexibility index (Phi) is 8.87. The molecule has 0 saturated heterocycles. The number of halogens is 2. The van der Waals surface area contributed by atoms with Crippen molar-refractivity contribution in [2.75, 3.05) is 0 Å². The van der Waals surface area contributed by atoms with Gasteiger partial charge in [0, 0.05) is 0 Å². The van der Waals surface area contributed by atoms with Gasteiger partial charge in [0.25, 0.3) is 0 Å². The van der Waals surface area contributed by atoms with Crippen molar-refractivity contribution in [2.45, 2.75) is 33.9 Å². The number of hydrogen-bond donors (Lipinski definition) is 0. The molecule has 0 spiro atoms. The number of hydrogen-bond acceptors (Lipinski definition) is 2. The van der Waals surface area contributed by atoms with E-state index in [1.165, 1.54) is 44.8 Å². The first-order valence-electron chi connectivity index (χ1n) is 13.2. The summed E-state index contributed by atoms with van der Waals surface area (Å²) >= 11 is -1.54. The van der Waals surface area contributed by atoms with Gasteiger partial charge >= 0.3 is 233 Å². The molecule has 0 amide bonds. The summed E-state index contributed by atoms with van der Waals surface area (Å²) in [5, 5.41) is 0. The smallest absolute Gasteiger partial charge is 0.147 e. The van der Waals surface area contributed by atoms with E-state index in [1.807, 2.05) is 24.5 Å². The summed E-state index contributed by atoms with van der Waals surface area (Å²) in [6.45, 7) is 9.40. The van der Waals surface area contributed by atoms with E-state index in [-0.39, 0.29) is 31.1 Å². The Bertz CT molecular complexity index is 1400. The summed E-state index contributed by atoms with van der Waals surface area (Å²) in [4.78, 5) is 10.2. The molecule has 0 bridgehead atoms. The van der Waals surface area contributed by atoms with Crippen molar-refractivity contribution in [1.82, 2.24) is 9.97 Å². The SMILES string of the molecule is CC(C)C1=Cc2ccccc2[C]1([Zr][C]1(c2ccccn2)C(C(C)C)=Cc2ccccc21)c1ccccn1.Cl.Cl. The van der Waals surface area contributed by atoms with E-state index in [2.05, 4.69) is 113 Å². The number of benzene rings is 2. The molecule has 0 N–H and O–H groups in total. The standard InChI is InChI=1S/2C17H16N.2ClH.Zr/c2*1-12(2)15-11-13-7-3-4-8-14(13)17(15)16-9-5-6-10-18-16;;;/h2*3-12H,1-2H3;2*1H;. The molecule has 0 aliphatic heterocycles. The van der Waals surface area contributed by atoms with Crippen LogP contribution in [0.15, 0.2) is 108 Å². The zero-order valence-corrected chi connectivity index (χ0v) is 26.8. The Morgan fingerprint density at radius 1 is 0.538 bits per heavy atom. The summed E-state index contributed by atoms with van der Waals surface area (Å²) < 4.78 is -0.420. The van der Waals surface area contributed by atoms with Gasteiger partial charge in [-0.1, -0.05) is 0 Å². The van der Waals surface area contributed by atoms with Gasteiger partial charge < -0.3 is 0 Å². The van der Waals surface area contributed by atoms with Crippen LogP contribution in [-0.4, -0.2) is 9.97 Å². The van der Waals surface area contributed by atoms with Crippen LogP contribution in [0.4, 0.5) is 0 Å². The predicted octanol–water partition coefficient (Wildman–Crippen LogP) is 8.70. The number of fused-ring (bicyclic) bond motifs is 2. The predicted molar refractivity (Wildman–Crippen MR) is 163 cm³/mol. The first-order chi connectivity index (χ1) is 18.0. The molecule has 2 nitrogen and oxygen atoms in total. The number of allylic oxidation sites excluding steroid dienone is 2. The minimum Gasteiger partial charge on any atom is -0.147 e. The molecule has 5 heteroatoms. The maximum atomic E-state index is 5.12. The van der Waals surface area contributed by atoms with Crippen LogP contribution in [0, 0.1) is 11.8 Å². The first-order valence-corrected chi connectivity index (χ1v) is 15.7. The van der Waals surface area contributed by atoms with Crippen LogP contribution in [0.2, 0.25) is 0 Å². The summed E-state index contributed by atoms with van der Waals surface area (Å²) in [5.74, 6) is 0.804. The Morgan fingerprint density at radius 2 is 0.923 bits per heavy atom. The molecular formula is C34H34Cl2N2Zr. The molecule has 2 heterocycles. The van der Waals surface area contributed by atoms with Crippen molar-refractivity contribution < 1.29 is 23.2 Å². The van der Waals surface area contributed by atoms with Gasteiger partial charge in [-0.05, 0) is 0 Å². The average Bonchev–Trinajstić information content (AvgIpc) is 3.45. The monoisotopic (exact) mass is 630 g/mol. The van der Waals surface area contributed by atoms with E-state index in [4.69, 9.17) is 9.97 Å². The Labute approximate surface area is 256 Å². The minimum atomic E-state index is -1.54. The third kappa shape index (κ3) is 4.61. The quantitative estimate of drug-likeness (QED) is 0.213. The molecule has 2 unspecified atom stereocenters. The molecule has 4 aromatic rings. The zero-order valence-electron chi connectivity index (χ0n) is 22.8. The van der Waals surface area contributed by atoms with Crippen LogP contribution in [0.3, 0.4) is 0 Å². The third-order valence-corrected chi connectivity index (χ3v) is 13.8. The molecule has 2 aliphatic rings. The molecule has 2 aliphatic carbocycles. The van der Waals surface area contributed by atoms with Crippen LogP contribution in [0.5, 0.6) is 0 Å². The van der Waals surface area contributed by atoms with Gasteiger partial charge in [-0.25, -0.2) is 0 Å². The zero-order chi connectivity index (χ0) is 25.6. The van der Waals surface area contributed by atoms with Crippen molar-refractivity contribution in [3.05, 3.63) is 142 Å². The van der Waals surface area contributed by atoms with Gasteiger partial charge in [0.05, 0.1) is 0 Å². The second-order valence-corrected chi connectivity index (χ2v) is 15.0. The van der Waals surface area contributed by atoms with Crippen LogP contribution >= 0.6 is 24.8 Å². The average molecular weight is 633 g/mol. The fraction of sp³-hybridized carbons (Fsp3) is 0.235. The normalized spacial score (nSPS) is 20.9. The van der Waals surface area contributed by atoms with E-state index in [0.29, 0.717) is 11.8 Å². The van der Waals surface area contributed by atoms with Gasteiger partial charge in [0.1, 0.15) is 0 Å². The minimum absolute atomic E-state index is 0. The molecule has 0 radical (unpaired) electrons. The van der Waals surface area contributed by atoms with Gasteiger partial charge in [-0.3, -0.25) is 0 Å². The van der Waals surface area contributed by atoms with Crippen LogP contribution in [0.1, 0.15) is 61.3 Å². The largest absolute Gasteiger partial charge is 0.147 e. The molecule has 39 heavy (non-hydrogen) atoms. The van der Waals surface area contributed by atoms with Crippen molar-refractivity contribution in [2.24, 2.45) is 11.8 Å². The number of aromatic nitrogens is 2. The number of rotatable bonds is 6. The van der Waals surface area contributed by atoms with E-state index in [0.717, 1.165) is 0 Å². The van der Waals surface area contributed by atoms with Crippen molar-refractivity contribution in [3.8, 4) is 0 Å². The Morgan fingerprint density at radius 3 is 1.28 bits per heavy atom. The van der Waals surface area contributed by atoms with E-state index >= 15 is 0 Å². The van der Waals surface area contributed by atoms with Crippen molar-refractivity contribution >= 4 is 37.0 Å². The van der Waals surface area contributed by atoms with Gasteiger partial charge in [0.2, 0.25) is 0 Å². The van der Waals surface area contributed by atoms with Gasteiger partial charge in [0.15, 0.2) is 0 Å². The fourth-order valence-corrected chi connectivity index (χ4v) is 13.4. The Hall–Kier alpha value is -2.32. The molecule has 6 rings (SSSR count). The molecule has 0 saturated carbocycles. The van der Waals surface area contributed by atoms with E-state index in [9.17, 15) is 0 Å². The second-order valence-electron chi connectivity index (χ2n) is 10.7. The number of pyridine rings is 2. The first kappa shape index (κ1) is 29.7. The molecule has 198 valence electrons. The topological polar surface area (TPSA) is 25.8 Å². The van der Waals surface area contributed by atoms with Crippen LogP contribution < -0.4 is 0 Å². The van der Waals surface area contributed by atoms with Gasteiger partial charge in [-0.2, -0.15) is 0 Å². The molecule has 0 fully saturated rings. The summed E-state index contributed by atoms with van der Waals surface area (Å²) in [5.41, 5.74) is 10.9. The third-order valence-electron chi connectivity index (χ3n) is 7.93. The summed E-state index contributed by atoms with van der Waals surface area (Å²) in [6.07, 6.45) is 8.90. The van der Waals surface area contributed by atoms with Crippen molar-refractivity contribution in [1.29, 1.82) is 0 Å². The summed E-state index contributed by atoms with van der Waals surface area (Å²) in [7, 11) is 0. The summed E-state index contributed by atoms with van der Waals surface area (Å²) in [6, 6.07) is 31.0. The molecule has 2 atom stereocenters. The van der Waals surface area contributed by atoms with E-state index in [1.54, 1.807) is 0 Å². The molecular weight excluding hydrogens is 599 g/mol. The number of nitrogens with zero attached hydrogens (tertiary/aromatic N) is 2. The van der Waals surface area contributed by atoms with Crippen molar-refractivity contribution in [3.63, 3.8) is 0 Å². The molecule has 2 aromatic carbocycles. The maximum Gasteiger partial charge on any atom is -0.147 e. The second kappa shape index (κ2) is 11.7. The van der Waals surface area contributed by atoms with Crippen LogP contribution in [-0.2, 0) is 29.5 Å². The molecule has 2 aromatic heterocycles. The van der Waals surface area contributed by atoms with Crippen LogP contribution in [0.25, 0.3) is 12.2 Å². The Balaban J connectivity index is 0.00000176. The fourth-order valence-electron chi connectivity index (χ4n) is 6.42. The maximum absolute atomic E-state index is 5.12. The van der Waals surface area contributed by atoms with E-state index < -0.39 is 23.2 Å².